The number of ether oxygens (including phenoxy) is 1. The van der Waals surface area contributed by atoms with Crippen molar-refractivity contribution < 1.29 is 22.7 Å². The fourth-order valence-electron chi connectivity index (χ4n) is 5.00. The minimum absolute atomic E-state index is 0.0706. The second-order valence-electron chi connectivity index (χ2n) is 9.07. The molecular weight excluding hydrogens is 435 g/mol. The van der Waals surface area contributed by atoms with Crippen LogP contribution in [0.1, 0.15) is 54.7 Å². The number of morpholine rings is 1. The lowest BCUT2D eigenvalue weighted by Gasteiger charge is -2.32. The Balaban J connectivity index is 1.44. The van der Waals surface area contributed by atoms with Crippen LogP contribution in [0.2, 0.25) is 0 Å². The number of piperidine rings is 1. The van der Waals surface area contributed by atoms with Crippen LogP contribution in [-0.2, 0) is 22.1 Å². The zero-order chi connectivity index (χ0) is 23.2. The van der Waals surface area contributed by atoms with E-state index in [-0.39, 0.29) is 30.4 Å². The van der Waals surface area contributed by atoms with E-state index in [9.17, 15) is 18.0 Å². The lowest BCUT2D eigenvalue weighted by Crippen LogP contribution is -2.39. The molecule has 3 aliphatic rings. The van der Waals surface area contributed by atoms with E-state index in [1.165, 1.54) is 6.20 Å². The predicted molar refractivity (Wildman–Crippen MR) is 114 cm³/mol. The maximum absolute atomic E-state index is 13.2. The van der Waals surface area contributed by atoms with E-state index in [4.69, 9.17) is 14.7 Å². The Morgan fingerprint density at radius 1 is 1.18 bits per heavy atom. The SMILES string of the molecule is CC(=O)N1CCC(c2cc(Cc3cc(C(F)(F)F)ccn3)nc(N3CC4CC3CO4)n2)CC1. The maximum atomic E-state index is 13.2. The number of fused-ring (bicyclic) bond motifs is 2. The summed E-state index contributed by atoms with van der Waals surface area (Å²) in [5.41, 5.74) is 1.14. The molecule has 0 radical (unpaired) electrons. The number of hydrogen-bond donors (Lipinski definition) is 0. The highest BCUT2D eigenvalue weighted by Crippen LogP contribution is 2.34. The van der Waals surface area contributed by atoms with Crippen molar-refractivity contribution in [3.63, 3.8) is 0 Å². The van der Waals surface area contributed by atoms with Crippen molar-refractivity contribution in [2.75, 3.05) is 31.1 Å². The molecule has 3 saturated heterocycles. The van der Waals surface area contributed by atoms with Gasteiger partial charge in [0.1, 0.15) is 0 Å². The molecule has 2 bridgehead atoms. The van der Waals surface area contributed by atoms with Crippen LogP contribution >= 0.6 is 0 Å². The zero-order valence-corrected chi connectivity index (χ0v) is 18.4. The van der Waals surface area contributed by atoms with Gasteiger partial charge in [-0.1, -0.05) is 0 Å². The molecule has 2 atom stereocenters. The Hall–Kier alpha value is -2.75. The van der Waals surface area contributed by atoms with E-state index in [2.05, 4.69) is 9.88 Å². The highest BCUT2D eigenvalue weighted by Gasteiger charge is 2.40. The van der Waals surface area contributed by atoms with Gasteiger partial charge in [0.2, 0.25) is 11.9 Å². The molecule has 5 heterocycles. The first kappa shape index (κ1) is 22.1. The van der Waals surface area contributed by atoms with Crippen LogP contribution < -0.4 is 4.90 Å². The number of carbonyl (C=O) groups excluding carboxylic acids is 1. The minimum Gasteiger partial charge on any atom is -0.374 e. The van der Waals surface area contributed by atoms with E-state index < -0.39 is 11.7 Å². The zero-order valence-electron chi connectivity index (χ0n) is 18.4. The molecule has 176 valence electrons. The average Bonchev–Trinajstić information content (AvgIpc) is 3.42. The van der Waals surface area contributed by atoms with Crippen molar-refractivity contribution in [2.45, 2.75) is 56.8 Å². The maximum Gasteiger partial charge on any atom is 0.416 e. The normalized spacial score (nSPS) is 23.4. The quantitative estimate of drug-likeness (QED) is 0.697. The third-order valence-electron chi connectivity index (χ3n) is 6.81. The first-order chi connectivity index (χ1) is 15.8. The molecule has 2 aromatic rings. The second kappa shape index (κ2) is 8.55. The van der Waals surface area contributed by atoms with Gasteiger partial charge in [-0.15, -0.1) is 0 Å². The lowest BCUT2D eigenvalue weighted by atomic mass is 9.92. The molecule has 0 spiro atoms. The van der Waals surface area contributed by atoms with Gasteiger partial charge in [0.05, 0.1) is 30.0 Å². The highest BCUT2D eigenvalue weighted by atomic mass is 19.4. The van der Waals surface area contributed by atoms with Crippen molar-refractivity contribution in [1.29, 1.82) is 0 Å². The van der Waals surface area contributed by atoms with E-state index in [1.807, 2.05) is 11.0 Å². The predicted octanol–water partition coefficient (Wildman–Crippen LogP) is 3.18. The fourth-order valence-corrected chi connectivity index (χ4v) is 5.00. The Kier molecular flexibility index (Phi) is 5.72. The van der Waals surface area contributed by atoms with Crippen LogP contribution in [0.25, 0.3) is 0 Å². The van der Waals surface area contributed by atoms with Gasteiger partial charge in [0.25, 0.3) is 0 Å². The van der Waals surface area contributed by atoms with Gasteiger partial charge >= 0.3 is 6.18 Å². The summed E-state index contributed by atoms with van der Waals surface area (Å²) in [6.45, 7) is 4.28. The molecule has 1 amide bonds. The third-order valence-corrected chi connectivity index (χ3v) is 6.81. The lowest BCUT2D eigenvalue weighted by molar-refractivity contribution is -0.137. The molecule has 10 heteroatoms. The van der Waals surface area contributed by atoms with E-state index >= 15 is 0 Å². The van der Waals surface area contributed by atoms with Gasteiger partial charge in [-0.05, 0) is 37.5 Å². The Bertz CT molecular complexity index is 1040. The molecule has 33 heavy (non-hydrogen) atoms. The van der Waals surface area contributed by atoms with Gasteiger partial charge in [-0.3, -0.25) is 9.78 Å². The van der Waals surface area contributed by atoms with Gasteiger partial charge in [-0.2, -0.15) is 13.2 Å². The molecule has 7 nitrogen and oxygen atoms in total. The first-order valence-corrected chi connectivity index (χ1v) is 11.3. The number of nitrogens with zero attached hydrogens (tertiary/aromatic N) is 5. The van der Waals surface area contributed by atoms with Crippen LogP contribution in [0.15, 0.2) is 24.4 Å². The van der Waals surface area contributed by atoms with Crippen molar-refractivity contribution in [3.8, 4) is 0 Å². The summed E-state index contributed by atoms with van der Waals surface area (Å²) in [6, 6.07) is 4.18. The number of likely N-dealkylation sites (tertiary alicyclic amines) is 1. The summed E-state index contributed by atoms with van der Waals surface area (Å²) in [5, 5.41) is 0. The number of hydrogen-bond acceptors (Lipinski definition) is 6. The summed E-state index contributed by atoms with van der Waals surface area (Å²) in [7, 11) is 0. The number of amides is 1. The van der Waals surface area contributed by atoms with E-state index in [1.54, 1.807) is 6.92 Å². The number of anilines is 1. The highest BCUT2D eigenvalue weighted by molar-refractivity contribution is 5.73. The van der Waals surface area contributed by atoms with Crippen LogP contribution in [-0.4, -0.2) is 64.1 Å². The molecule has 0 saturated carbocycles. The topological polar surface area (TPSA) is 71.5 Å². The number of alkyl halides is 3. The molecule has 3 fully saturated rings. The summed E-state index contributed by atoms with van der Waals surface area (Å²) in [6.07, 6.45) is -0.325. The molecule has 2 aromatic heterocycles. The molecule has 0 aliphatic carbocycles. The van der Waals surface area contributed by atoms with Crippen molar-refractivity contribution >= 4 is 11.9 Å². The molecule has 5 rings (SSSR count). The number of carbonyl (C=O) groups is 1. The Labute approximate surface area is 190 Å². The Morgan fingerprint density at radius 2 is 1.97 bits per heavy atom. The largest absolute Gasteiger partial charge is 0.416 e. The summed E-state index contributed by atoms with van der Waals surface area (Å²) < 4.78 is 45.2. The molecule has 2 unspecified atom stereocenters. The fraction of sp³-hybridized carbons (Fsp3) is 0.565. The molecule has 0 aromatic carbocycles. The van der Waals surface area contributed by atoms with Crippen LogP contribution in [0.3, 0.4) is 0 Å². The van der Waals surface area contributed by atoms with Gasteiger partial charge in [0.15, 0.2) is 0 Å². The summed E-state index contributed by atoms with van der Waals surface area (Å²) >= 11 is 0. The van der Waals surface area contributed by atoms with Gasteiger partial charge < -0.3 is 14.5 Å². The van der Waals surface area contributed by atoms with E-state index in [0.29, 0.717) is 37.0 Å². The van der Waals surface area contributed by atoms with Crippen LogP contribution in [0, 0.1) is 0 Å². The minimum atomic E-state index is -4.42. The summed E-state index contributed by atoms with van der Waals surface area (Å²) in [4.78, 5) is 29.4. The van der Waals surface area contributed by atoms with Crippen molar-refractivity contribution in [2.24, 2.45) is 0 Å². The smallest absolute Gasteiger partial charge is 0.374 e. The standard InChI is InChI=1S/C23H26F3N5O2/c1-14(32)30-6-3-15(4-7-30)21-10-18(9-17-8-16(2-5-27-17)23(24,25)26)28-22(29-21)31-12-20-11-19(31)13-33-20/h2,5,8,10,15,19-20H,3-4,6-7,9,11-13H2,1H3. The summed E-state index contributed by atoms with van der Waals surface area (Å²) in [5.74, 6) is 0.854. The second-order valence-corrected chi connectivity index (χ2v) is 9.07. The van der Waals surface area contributed by atoms with Crippen LogP contribution in [0.5, 0.6) is 0 Å². The molecule has 3 aliphatic heterocycles. The Morgan fingerprint density at radius 3 is 2.61 bits per heavy atom. The molecular formula is C23H26F3N5O2. The monoisotopic (exact) mass is 461 g/mol. The van der Waals surface area contributed by atoms with Crippen molar-refractivity contribution in [3.05, 3.63) is 47.0 Å². The first-order valence-electron chi connectivity index (χ1n) is 11.3. The van der Waals surface area contributed by atoms with Crippen LogP contribution in [0.4, 0.5) is 19.1 Å². The number of rotatable bonds is 4. The third kappa shape index (κ3) is 4.66. The van der Waals surface area contributed by atoms with Gasteiger partial charge in [0, 0.05) is 56.5 Å². The number of aromatic nitrogens is 3. The van der Waals surface area contributed by atoms with Gasteiger partial charge in [-0.25, -0.2) is 9.97 Å². The van der Waals surface area contributed by atoms with E-state index in [0.717, 1.165) is 43.6 Å². The average molecular weight is 461 g/mol. The number of halogens is 3. The van der Waals surface area contributed by atoms with Crippen molar-refractivity contribution in [1.82, 2.24) is 19.9 Å². The number of pyridine rings is 1. The molecule has 0 N–H and O–H groups in total.